The largest absolute Gasteiger partial charge is 0.445 e. The van der Waals surface area contributed by atoms with Crippen molar-refractivity contribution in [2.45, 2.75) is 51.0 Å². The molecule has 5 aromatic rings. The number of hydrogen-bond donors (Lipinski definition) is 1. The quantitative estimate of drug-likeness (QED) is 0.0882. The lowest BCUT2D eigenvalue weighted by atomic mass is 10.2. The van der Waals surface area contributed by atoms with Gasteiger partial charge >= 0.3 is 12.2 Å². The van der Waals surface area contributed by atoms with Crippen molar-refractivity contribution in [3.8, 4) is 10.4 Å². The topological polar surface area (TPSA) is 115 Å². The number of nitrogens with zero attached hydrogens (tertiary/aromatic N) is 3. The molecule has 2 aliphatic rings. The Morgan fingerprint density at radius 3 is 1.81 bits per heavy atom. The van der Waals surface area contributed by atoms with Gasteiger partial charge in [-0.05, 0) is 66.6 Å². The summed E-state index contributed by atoms with van der Waals surface area (Å²) >= 11 is 16.5. The molecule has 3 heterocycles. The number of aromatic nitrogens is 1. The van der Waals surface area contributed by atoms with Crippen LogP contribution in [0.15, 0.2) is 124 Å². The third kappa shape index (κ3) is 14.0. The number of hydrogen-bond acceptors (Lipinski definition) is 8. The van der Waals surface area contributed by atoms with E-state index in [9.17, 15) is 14.4 Å². The molecular weight excluding hydrogens is 976 g/mol. The van der Waals surface area contributed by atoms with E-state index in [4.69, 9.17) is 27.4 Å². The van der Waals surface area contributed by atoms with Gasteiger partial charge in [0.05, 0.1) is 27.3 Å². The van der Waals surface area contributed by atoms with Crippen molar-refractivity contribution in [3.63, 3.8) is 0 Å². The predicted octanol–water partition coefficient (Wildman–Crippen LogP) is 11.3. The van der Waals surface area contributed by atoms with Gasteiger partial charge in [0.2, 0.25) is 0 Å². The molecule has 0 radical (unpaired) electrons. The number of halogens is 3. The third-order valence-electron chi connectivity index (χ3n) is 8.94. The molecule has 2 amide bonds. The Kier molecular flexibility index (Phi) is 19.2. The average molecular weight is 1020 g/mol. The van der Waals surface area contributed by atoms with E-state index in [2.05, 4.69) is 64.9 Å². The lowest BCUT2D eigenvalue weighted by Crippen LogP contribution is -2.43. The first-order chi connectivity index (χ1) is 27.1. The Bertz CT molecular complexity index is 2040. The number of benzene rings is 4. The number of rotatable bonds is 9. The van der Waals surface area contributed by atoms with Gasteiger partial charge in [-0.15, -0.1) is 11.3 Å². The Morgan fingerprint density at radius 1 is 0.754 bits per heavy atom. The second kappa shape index (κ2) is 23.7. The standard InChI is InChI=1S/C21H19BrN2O2S.C13H16N2O2S.C8H6Br2O.H2S/c22-17-10-8-16(9-11-17)19-13-23-20(27-19)18-7-4-12-24(18)21(25)26-14-15-5-2-1-3-6-15;14-12(18)11-7-4-8-15(11)13(16)17-9-10-5-2-1-3-6-10;9-5-8(11)6-1-3-7(10)4-2-6;/h1-3,5-6,8-11,13,18H,4,7,12,14H2;1-3,5-6,11H,4,7-9H2,(H2,14,18);1-4H,5H2;1H2/t18-;11-;;/m00../s1. The van der Waals surface area contributed by atoms with Crippen LogP contribution in [0.5, 0.6) is 0 Å². The second-order valence-electron chi connectivity index (χ2n) is 12.8. The molecule has 300 valence electrons. The van der Waals surface area contributed by atoms with Crippen LogP contribution in [0, 0.1) is 0 Å². The van der Waals surface area contributed by atoms with Crippen LogP contribution in [0.3, 0.4) is 0 Å². The number of thiazole rings is 1. The highest BCUT2D eigenvalue weighted by atomic mass is 79.9. The van der Waals surface area contributed by atoms with E-state index < -0.39 is 0 Å². The molecular formula is C42H43Br3N4O5S3. The number of likely N-dealkylation sites (tertiary alicyclic amines) is 2. The van der Waals surface area contributed by atoms with Gasteiger partial charge in [0.15, 0.2) is 5.78 Å². The summed E-state index contributed by atoms with van der Waals surface area (Å²) < 4.78 is 12.8. The van der Waals surface area contributed by atoms with E-state index in [-0.39, 0.29) is 50.2 Å². The van der Waals surface area contributed by atoms with Crippen LogP contribution >= 0.6 is 84.8 Å². The molecule has 2 atom stereocenters. The van der Waals surface area contributed by atoms with Crippen LogP contribution < -0.4 is 5.73 Å². The number of carbonyl (C=O) groups is 3. The molecule has 2 N–H and O–H groups in total. The summed E-state index contributed by atoms with van der Waals surface area (Å²) in [5.74, 6) is 0.109. The Labute approximate surface area is 375 Å². The highest BCUT2D eigenvalue weighted by Crippen LogP contribution is 2.38. The van der Waals surface area contributed by atoms with Crippen molar-refractivity contribution in [2.75, 3.05) is 18.4 Å². The van der Waals surface area contributed by atoms with Crippen LogP contribution in [0.2, 0.25) is 0 Å². The highest BCUT2D eigenvalue weighted by Gasteiger charge is 2.33. The first-order valence-corrected chi connectivity index (χ1v) is 21.9. The molecule has 15 heteroatoms. The lowest BCUT2D eigenvalue weighted by Gasteiger charge is -2.22. The smallest absolute Gasteiger partial charge is 0.410 e. The molecule has 2 saturated heterocycles. The number of thiocarbonyl (C=S) groups is 1. The van der Waals surface area contributed by atoms with Gasteiger partial charge in [-0.1, -0.05) is 145 Å². The summed E-state index contributed by atoms with van der Waals surface area (Å²) in [6.45, 7) is 1.95. The molecule has 0 aliphatic carbocycles. The Morgan fingerprint density at radius 2 is 1.26 bits per heavy atom. The molecule has 1 aromatic heterocycles. The summed E-state index contributed by atoms with van der Waals surface area (Å²) in [6, 6.07) is 34.7. The van der Waals surface area contributed by atoms with Gasteiger partial charge < -0.3 is 15.2 Å². The molecule has 2 fully saturated rings. The highest BCUT2D eigenvalue weighted by molar-refractivity contribution is 9.10. The van der Waals surface area contributed by atoms with E-state index in [1.807, 2.05) is 96.0 Å². The van der Waals surface area contributed by atoms with E-state index in [1.54, 1.807) is 28.4 Å². The fourth-order valence-corrected chi connectivity index (χ4v) is 8.20. The van der Waals surface area contributed by atoms with E-state index >= 15 is 0 Å². The number of alkyl halides is 1. The van der Waals surface area contributed by atoms with Crippen molar-refractivity contribution < 1.29 is 23.9 Å². The van der Waals surface area contributed by atoms with E-state index in [1.165, 1.54) is 0 Å². The van der Waals surface area contributed by atoms with Gasteiger partial charge in [0.25, 0.3) is 0 Å². The maximum absolute atomic E-state index is 12.6. The van der Waals surface area contributed by atoms with E-state index in [0.29, 0.717) is 30.0 Å². The fourth-order valence-electron chi connectivity index (χ4n) is 6.03. The number of ether oxygens (including phenoxy) is 2. The van der Waals surface area contributed by atoms with Crippen LogP contribution in [0.4, 0.5) is 9.59 Å². The number of Topliss-reactive ketones (excluding diaryl/α,β-unsaturated/α-hetero) is 1. The normalized spacial score (nSPS) is 15.6. The lowest BCUT2D eigenvalue weighted by molar-refractivity contribution is 0.0919. The molecule has 0 bridgehead atoms. The monoisotopic (exact) mass is 1020 g/mol. The van der Waals surface area contributed by atoms with Crippen molar-refractivity contribution in [1.29, 1.82) is 0 Å². The molecule has 2 aliphatic heterocycles. The minimum Gasteiger partial charge on any atom is -0.445 e. The van der Waals surface area contributed by atoms with Crippen molar-refractivity contribution >= 4 is 108 Å². The van der Waals surface area contributed by atoms with Crippen LogP contribution in [-0.2, 0) is 22.7 Å². The van der Waals surface area contributed by atoms with Crippen LogP contribution in [0.1, 0.15) is 58.2 Å². The summed E-state index contributed by atoms with van der Waals surface area (Å²) in [4.78, 5) is 45.1. The maximum atomic E-state index is 12.6. The van der Waals surface area contributed by atoms with Crippen LogP contribution in [0.25, 0.3) is 10.4 Å². The predicted molar refractivity (Wildman–Crippen MR) is 246 cm³/mol. The second-order valence-corrected chi connectivity index (χ2v) is 16.7. The van der Waals surface area contributed by atoms with Gasteiger partial charge in [-0.25, -0.2) is 14.6 Å². The van der Waals surface area contributed by atoms with Gasteiger partial charge in [-0.2, -0.15) is 13.5 Å². The zero-order chi connectivity index (χ0) is 39.9. The summed E-state index contributed by atoms with van der Waals surface area (Å²) in [6.07, 6.45) is 4.94. The number of carbonyl (C=O) groups excluding carboxylic acids is 3. The Hall–Kier alpha value is -3.60. The van der Waals surface area contributed by atoms with Gasteiger partial charge in [-0.3, -0.25) is 14.6 Å². The maximum Gasteiger partial charge on any atom is 0.410 e. The first-order valence-electron chi connectivity index (χ1n) is 17.9. The molecule has 0 spiro atoms. The average Bonchev–Trinajstić information content (AvgIpc) is 4.03. The zero-order valence-electron chi connectivity index (χ0n) is 30.9. The van der Waals surface area contributed by atoms with Gasteiger partial charge in [0.1, 0.15) is 18.2 Å². The summed E-state index contributed by atoms with van der Waals surface area (Å²) in [7, 11) is 0. The van der Waals surface area contributed by atoms with Crippen molar-refractivity contribution in [1.82, 2.24) is 14.8 Å². The molecule has 0 unspecified atom stereocenters. The Balaban J connectivity index is 0.000000207. The molecule has 4 aromatic carbocycles. The summed E-state index contributed by atoms with van der Waals surface area (Å²) in [5, 5.41) is 1.36. The van der Waals surface area contributed by atoms with Crippen molar-refractivity contribution in [3.05, 3.63) is 146 Å². The van der Waals surface area contributed by atoms with Crippen molar-refractivity contribution in [2.24, 2.45) is 5.73 Å². The number of ketones is 1. The number of nitrogens with two attached hydrogens (primary N) is 1. The summed E-state index contributed by atoms with van der Waals surface area (Å²) in [5.41, 5.74) is 9.46. The molecule has 57 heavy (non-hydrogen) atoms. The SMILES string of the molecule is NC(=S)[C@@H]1CCCN1C(=O)OCc1ccccc1.O=C(CBr)c1ccc(Br)cc1.O=C(OCc1ccccc1)N1CCC[C@H]1c1ncc(-c2ccc(Br)cc2)s1.S. The molecule has 0 saturated carbocycles. The zero-order valence-corrected chi connectivity index (χ0v) is 38.3. The molecule has 7 rings (SSSR count). The van der Waals surface area contributed by atoms with Gasteiger partial charge in [0, 0.05) is 33.8 Å². The minimum atomic E-state index is -0.339. The van der Waals surface area contributed by atoms with E-state index in [0.717, 1.165) is 66.8 Å². The molecule has 9 nitrogen and oxygen atoms in total. The van der Waals surface area contributed by atoms with Crippen LogP contribution in [-0.4, -0.2) is 62.2 Å². The fraction of sp³-hybridized carbons (Fsp3) is 0.262. The third-order valence-corrected chi connectivity index (χ3v) is 11.9. The first kappa shape index (κ1) is 46.1. The number of amides is 2. The minimum absolute atomic E-state index is 0.